The van der Waals surface area contributed by atoms with Crippen LogP contribution >= 0.6 is 24.0 Å². The lowest BCUT2D eigenvalue weighted by Crippen LogP contribution is -2.38. The van der Waals surface area contributed by atoms with Gasteiger partial charge in [-0.2, -0.15) is 0 Å². The summed E-state index contributed by atoms with van der Waals surface area (Å²) in [6.45, 7) is 6.76. The van der Waals surface area contributed by atoms with Crippen molar-refractivity contribution in [1.82, 2.24) is 4.90 Å². The van der Waals surface area contributed by atoms with Crippen molar-refractivity contribution in [2.45, 2.75) is 52.2 Å². The number of guanidine groups is 1. The Morgan fingerprint density at radius 1 is 1.14 bits per heavy atom. The summed E-state index contributed by atoms with van der Waals surface area (Å²) in [4.78, 5) is 6.74. The molecule has 0 atom stereocenters. The van der Waals surface area contributed by atoms with E-state index < -0.39 is 0 Å². The molecule has 2 N–H and O–H groups in total. The average molecular weight is 417 g/mol. The molecule has 1 saturated heterocycles. The maximum Gasteiger partial charge on any atom is 0.191 e. The zero-order valence-corrected chi connectivity index (χ0v) is 16.0. The van der Waals surface area contributed by atoms with E-state index in [0.717, 1.165) is 24.4 Å². The van der Waals surface area contributed by atoms with E-state index in [4.69, 9.17) is 10.5 Å². The highest BCUT2D eigenvalue weighted by atomic mass is 127. The summed E-state index contributed by atoms with van der Waals surface area (Å²) < 4.78 is 5.64. The molecule has 1 fully saturated rings. The fourth-order valence-corrected chi connectivity index (χ4v) is 2.52. The van der Waals surface area contributed by atoms with Gasteiger partial charge in [-0.15, -0.1) is 24.0 Å². The quantitative estimate of drug-likeness (QED) is 0.461. The van der Waals surface area contributed by atoms with Gasteiger partial charge in [0.1, 0.15) is 5.75 Å². The molecule has 0 unspecified atom stereocenters. The van der Waals surface area contributed by atoms with Crippen LogP contribution in [0.15, 0.2) is 29.3 Å². The molecule has 0 bridgehead atoms. The molecule has 4 nitrogen and oxygen atoms in total. The Kier molecular flexibility index (Phi) is 8.60. The van der Waals surface area contributed by atoms with Crippen LogP contribution in [-0.2, 0) is 6.54 Å². The Morgan fingerprint density at radius 2 is 1.73 bits per heavy atom. The zero-order valence-electron chi connectivity index (χ0n) is 13.6. The number of ether oxygens (including phenoxy) is 1. The van der Waals surface area contributed by atoms with Gasteiger partial charge in [0.15, 0.2) is 5.96 Å². The fraction of sp³-hybridized carbons (Fsp3) is 0.588. The van der Waals surface area contributed by atoms with Crippen molar-refractivity contribution < 1.29 is 4.74 Å². The van der Waals surface area contributed by atoms with Crippen LogP contribution in [0.1, 0.15) is 45.1 Å². The molecule has 124 valence electrons. The first-order chi connectivity index (χ1) is 10.1. The van der Waals surface area contributed by atoms with Crippen molar-refractivity contribution in [3.8, 4) is 5.75 Å². The lowest BCUT2D eigenvalue weighted by molar-refractivity contribution is 0.242. The topological polar surface area (TPSA) is 50.9 Å². The van der Waals surface area contributed by atoms with Gasteiger partial charge in [-0.3, -0.25) is 0 Å². The van der Waals surface area contributed by atoms with Gasteiger partial charge in [-0.1, -0.05) is 25.0 Å². The summed E-state index contributed by atoms with van der Waals surface area (Å²) in [5.74, 6) is 1.58. The molecule has 1 aromatic carbocycles. The molecule has 1 aliphatic rings. The minimum Gasteiger partial charge on any atom is -0.491 e. The van der Waals surface area contributed by atoms with Crippen molar-refractivity contribution in [2.75, 3.05) is 13.1 Å². The maximum absolute atomic E-state index is 6.11. The highest BCUT2D eigenvalue weighted by Crippen LogP contribution is 2.15. The van der Waals surface area contributed by atoms with Gasteiger partial charge in [0.2, 0.25) is 0 Å². The number of nitrogens with zero attached hydrogens (tertiary/aromatic N) is 2. The van der Waals surface area contributed by atoms with E-state index >= 15 is 0 Å². The highest BCUT2D eigenvalue weighted by molar-refractivity contribution is 14.0. The summed E-state index contributed by atoms with van der Waals surface area (Å²) in [6.07, 6.45) is 5.25. The monoisotopic (exact) mass is 417 g/mol. The Morgan fingerprint density at radius 3 is 2.27 bits per heavy atom. The average Bonchev–Trinajstić information content (AvgIpc) is 2.75. The van der Waals surface area contributed by atoms with E-state index in [-0.39, 0.29) is 30.1 Å². The number of likely N-dealkylation sites (tertiary alicyclic amines) is 1. The van der Waals surface area contributed by atoms with Crippen molar-refractivity contribution in [2.24, 2.45) is 10.7 Å². The summed E-state index contributed by atoms with van der Waals surface area (Å²) in [6, 6.07) is 8.09. The number of hydrogen-bond donors (Lipinski definition) is 1. The van der Waals surface area contributed by atoms with Crippen molar-refractivity contribution in [3.05, 3.63) is 29.8 Å². The second-order valence-electron chi connectivity index (χ2n) is 5.89. The van der Waals surface area contributed by atoms with Crippen molar-refractivity contribution in [1.29, 1.82) is 0 Å². The Balaban J connectivity index is 0.00000242. The molecule has 0 spiro atoms. The second-order valence-corrected chi connectivity index (χ2v) is 5.89. The van der Waals surface area contributed by atoms with Crippen LogP contribution in [0, 0.1) is 0 Å². The Hall–Kier alpha value is -0.980. The van der Waals surface area contributed by atoms with E-state index in [0.29, 0.717) is 12.5 Å². The highest BCUT2D eigenvalue weighted by Gasteiger charge is 2.10. The summed E-state index contributed by atoms with van der Waals surface area (Å²) in [7, 11) is 0. The van der Waals surface area contributed by atoms with Crippen LogP contribution in [0.5, 0.6) is 5.75 Å². The molecule has 0 radical (unpaired) electrons. The third-order valence-electron chi connectivity index (χ3n) is 3.65. The molecule has 1 aliphatic heterocycles. The number of hydrogen-bond acceptors (Lipinski definition) is 2. The molecule has 0 aliphatic carbocycles. The molecule has 2 rings (SSSR count). The summed E-state index contributed by atoms with van der Waals surface area (Å²) in [5.41, 5.74) is 7.27. The first-order valence-electron chi connectivity index (χ1n) is 7.95. The lowest BCUT2D eigenvalue weighted by atomic mass is 10.2. The molecular weight excluding hydrogens is 389 g/mol. The first kappa shape index (κ1) is 19.1. The molecule has 22 heavy (non-hydrogen) atoms. The Labute approximate surface area is 151 Å². The molecule has 0 amide bonds. The van der Waals surface area contributed by atoms with E-state index in [1.807, 2.05) is 26.0 Å². The number of halogens is 1. The van der Waals surface area contributed by atoms with Gasteiger partial charge in [0.25, 0.3) is 0 Å². The van der Waals surface area contributed by atoms with Crippen LogP contribution in [0.2, 0.25) is 0 Å². The predicted molar refractivity (Wildman–Crippen MR) is 103 cm³/mol. The molecule has 1 aromatic rings. The predicted octanol–water partition coefficient (Wildman–Crippen LogP) is 3.78. The van der Waals surface area contributed by atoms with Crippen LogP contribution in [-0.4, -0.2) is 30.1 Å². The number of benzene rings is 1. The van der Waals surface area contributed by atoms with Gasteiger partial charge in [-0.25, -0.2) is 4.99 Å². The zero-order chi connectivity index (χ0) is 15.1. The lowest BCUT2D eigenvalue weighted by Gasteiger charge is -2.21. The maximum atomic E-state index is 6.11. The van der Waals surface area contributed by atoms with Gasteiger partial charge in [0, 0.05) is 13.1 Å². The van der Waals surface area contributed by atoms with Crippen molar-refractivity contribution >= 4 is 29.9 Å². The Bertz CT molecular complexity index is 451. The van der Waals surface area contributed by atoms with E-state index in [2.05, 4.69) is 22.0 Å². The van der Waals surface area contributed by atoms with Crippen LogP contribution < -0.4 is 10.5 Å². The van der Waals surface area contributed by atoms with Gasteiger partial charge < -0.3 is 15.4 Å². The molecule has 0 saturated carbocycles. The smallest absolute Gasteiger partial charge is 0.191 e. The fourth-order valence-electron chi connectivity index (χ4n) is 2.52. The summed E-state index contributed by atoms with van der Waals surface area (Å²) in [5, 5.41) is 0. The molecule has 1 heterocycles. The van der Waals surface area contributed by atoms with Crippen LogP contribution in [0.25, 0.3) is 0 Å². The molecular formula is C17H28IN3O. The third kappa shape index (κ3) is 6.42. The number of rotatable bonds is 4. The molecule has 5 heteroatoms. The van der Waals surface area contributed by atoms with Crippen LogP contribution in [0.3, 0.4) is 0 Å². The standard InChI is InChI=1S/C17H27N3O.HI/c1-14(2)21-16-9-7-15(8-10-16)13-19-17(18)20-11-5-3-4-6-12-20;/h7-10,14H,3-6,11-13H2,1-2H3,(H2,18,19);1H. The van der Waals surface area contributed by atoms with Gasteiger partial charge in [0.05, 0.1) is 12.6 Å². The van der Waals surface area contributed by atoms with Gasteiger partial charge >= 0.3 is 0 Å². The largest absolute Gasteiger partial charge is 0.491 e. The third-order valence-corrected chi connectivity index (χ3v) is 3.65. The minimum atomic E-state index is 0. The SMILES string of the molecule is CC(C)Oc1ccc(CN=C(N)N2CCCCCC2)cc1.I. The normalized spacial score (nSPS) is 16.1. The van der Waals surface area contributed by atoms with Crippen molar-refractivity contribution in [3.63, 3.8) is 0 Å². The minimum absolute atomic E-state index is 0. The van der Waals surface area contributed by atoms with E-state index in [1.165, 1.54) is 25.7 Å². The number of nitrogens with two attached hydrogens (primary N) is 1. The first-order valence-corrected chi connectivity index (χ1v) is 7.95. The second kappa shape index (κ2) is 9.92. The van der Waals surface area contributed by atoms with E-state index in [9.17, 15) is 0 Å². The van der Waals surface area contributed by atoms with Crippen LogP contribution in [0.4, 0.5) is 0 Å². The molecule has 0 aromatic heterocycles. The summed E-state index contributed by atoms with van der Waals surface area (Å²) >= 11 is 0. The van der Waals surface area contributed by atoms with Gasteiger partial charge in [-0.05, 0) is 44.4 Å². The number of aliphatic imine (C=N–C) groups is 1. The van der Waals surface area contributed by atoms with E-state index in [1.54, 1.807) is 0 Å².